The Morgan fingerprint density at radius 3 is 1.96 bits per heavy atom. The SMILES string of the molecule is CN(CC#CC(O)(c1ccccc1)c1ccccc1)C1CCCCC1. The molecule has 2 heteroatoms. The van der Waals surface area contributed by atoms with E-state index in [1.807, 2.05) is 60.7 Å². The van der Waals surface area contributed by atoms with Crippen LogP contribution in [0.25, 0.3) is 0 Å². The lowest BCUT2D eigenvalue weighted by Crippen LogP contribution is -2.34. The summed E-state index contributed by atoms with van der Waals surface area (Å²) in [4.78, 5) is 2.34. The van der Waals surface area contributed by atoms with Gasteiger partial charge in [0.2, 0.25) is 0 Å². The van der Waals surface area contributed by atoms with Crippen LogP contribution in [0.15, 0.2) is 60.7 Å². The van der Waals surface area contributed by atoms with Gasteiger partial charge in [-0.2, -0.15) is 0 Å². The molecule has 0 unspecified atom stereocenters. The van der Waals surface area contributed by atoms with Gasteiger partial charge in [-0.3, -0.25) is 4.90 Å². The molecule has 1 N–H and O–H groups in total. The zero-order valence-electron chi connectivity index (χ0n) is 15.0. The van der Waals surface area contributed by atoms with Crippen LogP contribution >= 0.6 is 0 Å². The second kappa shape index (κ2) is 8.34. The standard InChI is InChI=1S/C23H27NO/c1-24(22-16-9-4-10-17-22)19-11-18-23(25,20-12-5-2-6-13-20)21-14-7-3-8-15-21/h2-3,5-8,12-15,22,25H,4,9-10,16-17,19H2,1H3. The quantitative estimate of drug-likeness (QED) is 0.848. The molecule has 0 amide bonds. The van der Waals surface area contributed by atoms with Crippen molar-refractivity contribution < 1.29 is 5.11 Å². The predicted molar refractivity (Wildman–Crippen MR) is 103 cm³/mol. The summed E-state index contributed by atoms with van der Waals surface area (Å²) < 4.78 is 0. The Hall–Kier alpha value is -2.08. The van der Waals surface area contributed by atoms with E-state index in [0.717, 1.165) is 11.1 Å². The Kier molecular flexibility index (Phi) is 5.91. The van der Waals surface area contributed by atoms with E-state index in [0.29, 0.717) is 12.6 Å². The molecule has 0 aromatic heterocycles. The lowest BCUT2D eigenvalue weighted by atomic mass is 9.87. The minimum Gasteiger partial charge on any atom is -0.369 e. The largest absolute Gasteiger partial charge is 0.369 e. The maximum Gasteiger partial charge on any atom is 0.176 e. The second-order valence-corrected chi connectivity index (χ2v) is 6.95. The van der Waals surface area contributed by atoms with Gasteiger partial charge in [0.05, 0.1) is 6.54 Å². The van der Waals surface area contributed by atoms with Crippen LogP contribution in [0.3, 0.4) is 0 Å². The molecule has 0 spiro atoms. The molecule has 2 aromatic rings. The van der Waals surface area contributed by atoms with E-state index in [4.69, 9.17) is 0 Å². The first-order valence-electron chi connectivity index (χ1n) is 9.24. The fourth-order valence-electron chi connectivity index (χ4n) is 3.61. The molecule has 0 aliphatic heterocycles. The number of nitrogens with zero attached hydrogens (tertiary/aromatic N) is 1. The first-order valence-corrected chi connectivity index (χ1v) is 9.24. The van der Waals surface area contributed by atoms with Crippen molar-refractivity contribution in [2.75, 3.05) is 13.6 Å². The third kappa shape index (κ3) is 4.31. The third-order valence-electron chi connectivity index (χ3n) is 5.18. The summed E-state index contributed by atoms with van der Waals surface area (Å²) in [6.07, 6.45) is 6.53. The van der Waals surface area contributed by atoms with Gasteiger partial charge in [0, 0.05) is 17.2 Å². The molecule has 130 valence electrons. The van der Waals surface area contributed by atoms with Crippen molar-refractivity contribution in [2.24, 2.45) is 0 Å². The Morgan fingerprint density at radius 1 is 0.920 bits per heavy atom. The lowest BCUT2D eigenvalue weighted by Gasteiger charge is -2.30. The average molecular weight is 333 g/mol. The Balaban J connectivity index is 1.82. The zero-order chi connectivity index (χ0) is 17.5. The highest BCUT2D eigenvalue weighted by Crippen LogP contribution is 2.28. The first kappa shape index (κ1) is 17.7. The van der Waals surface area contributed by atoms with Crippen molar-refractivity contribution in [3.05, 3.63) is 71.8 Å². The number of rotatable bonds is 4. The lowest BCUT2D eigenvalue weighted by molar-refractivity contribution is 0.144. The molecule has 2 aromatic carbocycles. The first-order chi connectivity index (χ1) is 12.2. The summed E-state index contributed by atoms with van der Waals surface area (Å²) in [5.41, 5.74) is 0.360. The predicted octanol–water partition coefficient (Wildman–Crippen LogP) is 4.19. The van der Waals surface area contributed by atoms with Crippen LogP contribution in [-0.2, 0) is 5.60 Å². The van der Waals surface area contributed by atoms with Gasteiger partial charge < -0.3 is 5.11 Å². The van der Waals surface area contributed by atoms with E-state index in [2.05, 4.69) is 23.8 Å². The number of hydrogen-bond donors (Lipinski definition) is 1. The molecule has 25 heavy (non-hydrogen) atoms. The van der Waals surface area contributed by atoms with Crippen LogP contribution in [0, 0.1) is 11.8 Å². The Labute approximate surface area is 151 Å². The van der Waals surface area contributed by atoms with Crippen LogP contribution in [0.1, 0.15) is 43.2 Å². The molecule has 1 saturated carbocycles. The molecule has 0 radical (unpaired) electrons. The fourth-order valence-corrected chi connectivity index (χ4v) is 3.61. The van der Waals surface area contributed by atoms with E-state index >= 15 is 0 Å². The maximum absolute atomic E-state index is 11.4. The van der Waals surface area contributed by atoms with Crippen LogP contribution in [0.2, 0.25) is 0 Å². The molecule has 0 saturated heterocycles. The van der Waals surface area contributed by atoms with Crippen LogP contribution in [0.5, 0.6) is 0 Å². The topological polar surface area (TPSA) is 23.5 Å². The molecule has 0 heterocycles. The fraction of sp³-hybridized carbons (Fsp3) is 0.391. The summed E-state index contributed by atoms with van der Waals surface area (Å²) in [5.74, 6) is 6.41. The van der Waals surface area contributed by atoms with Crippen molar-refractivity contribution in [1.29, 1.82) is 0 Å². The Morgan fingerprint density at radius 2 is 1.44 bits per heavy atom. The van der Waals surface area contributed by atoms with Crippen molar-refractivity contribution in [3.8, 4) is 11.8 Å². The molecular formula is C23H27NO. The smallest absolute Gasteiger partial charge is 0.176 e. The second-order valence-electron chi connectivity index (χ2n) is 6.95. The summed E-state index contributed by atoms with van der Waals surface area (Å²) in [7, 11) is 2.15. The summed E-state index contributed by atoms with van der Waals surface area (Å²) >= 11 is 0. The van der Waals surface area contributed by atoms with Gasteiger partial charge in [-0.25, -0.2) is 0 Å². The van der Waals surface area contributed by atoms with Gasteiger partial charge in [-0.05, 0) is 19.9 Å². The molecule has 0 atom stereocenters. The van der Waals surface area contributed by atoms with Crippen LogP contribution in [0.4, 0.5) is 0 Å². The average Bonchev–Trinajstić information content (AvgIpc) is 2.70. The highest BCUT2D eigenvalue weighted by atomic mass is 16.3. The van der Waals surface area contributed by atoms with Crippen molar-refractivity contribution in [2.45, 2.75) is 43.7 Å². The van der Waals surface area contributed by atoms with Gasteiger partial charge >= 0.3 is 0 Å². The normalized spacial score (nSPS) is 15.6. The van der Waals surface area contributed by atoms with Crippen LogP contribution in [-0.4, -0.2) is 29.6 Å². The van der Waals surface area contributed by atoms with E-state index in [1.54, 1.807) is 0 Å². The number of aliphatic hydroxyl groups is 1. The number of hydrogen-bond acceptors (Lipinski definition) is 2. The summed E-state index contributed by atoms with van der Waals surface area (Å²) in [6, 6.07) is 20.1. The molecular weight excluding hydrogens is 306 g/mol. The van der Waals surface area contributed by atoms with E-state index in [9.17, 15) is 5.11 Å². The Bertz CT molecular complexity index is 669. The molecule has 1 fully saturated rings. The third-order valence-corrected chi connectivity index (χ3v) is 5.18. The van der Waals surface area contributed by atoms with Crippen molar-refractivity contribution >= 4 is 0 Å². The van der Waals surface area contributed by atoms with E-state index in [1.165, 1.54) is 32.1 Å². The molecule has 1 aliphatic rings. The maximum atomic E-state index is 11.4. The zero-order valence-corrected chi connectivity index (χ0v) is 15.0. The summed E-state index contributed by atoms with van der Waals surface area (Å²) in [6.45, 7) is 0.687. The van der Waals surface area contributed by atoms with Gasteiger partial charge in [-0.15, -0.1) is 0 Å². The molecule has 1 aliphatic carbocycles. The minimum absolute atomic E-state index is 0.629. The molecule has 2 nitrogen and oxygen atoms in total. The van der Waals surface area contributed by atoms with E-state index < -0.39 is 5.60 Å². The van der Waals surface area contributed by atoms with Crippen LogP contribution < -0.4 is 0 Å². The van der Waals surface area contributed by atoms with E-state index in [-0.39, 0.29) is 0 Å². The minimum atomic E-state index is -1.27. The highest BCUT2D eigenvalue weighted by Gasteiger charge is 2.29. The highest BCUT2D eigenvalue weighted by molar-refractivity contribution is 5.44. The van der Waals surface area contributed by atoms with Gasteiger partial charge in [0.25, 0.3) is 0 Å². The molecule has 3 rings (SSSR count). The van der Waals surface area contributed by atoms with Crippen molar-refractivity contribution in [3.63, 3.8) is 0 Å². The van der Waals surface area contributed by atoms with Gasteiger partial charge in [0.1, 0.15) is 0 Å². The van der Waals surface area contributed by atoms with Gasteiger partial charge in [0.15, 0.2) is 5.60 Å². The monoisotopic (exact) mass is 333 g/mol. The molecule has 0 bridgehead atoms. The number of benzene rings is 2. The van der Waals surface area contributed by atoms with Gasteiger partial charge in [-0.1, -0.05) is 91.8 Å². The van der Waals surface area contributed by atoms with Crippen molar-refractivity contribution in [1.82, 2.24) is 4.90 Å². The summed E-state index contributed by atoms with van der Waals surface area (Å²) in [5, 5.41) is 11.4.